The van der Waals surface area contributed by atoms with Gasteiger partial charge in [-0.3, -0.25) is 25.0 Å². The monoisotopic (exact) mass is 486 g/mol. The van der Waals surface area contributed by atoms with Gasteiger partial charge in [-0.1, -0.05) is 53.7 Å². The maximum absolute atomic E-state index is 12.3. The molecule has 0 bridgehead atoms. The molecule has 2 N–H and O–H groups in total. The van der Waals surface area contributed by atoms with Crippen LogP contribution in [-0.2, 0) is 16.1 Å². The second kappa shape index (κ2) is 11.2. The Hall–Kier alpha value is -3.08. The molecule has 1 aliphatic rings. The van der Waals surface area contributed by atoms with Gasteiger partial charge in [0, 0.05) is 23.7 Å². The fourth-order valence-corrected chi connectivity index (χ4v) is 4.11. The van der Waals surface area contributed by atoms with Gasteiger partial charge in [-0.05, 0) is 29.8 Å². The quantitative estimate of drug-likeness (QED) is 0.390. The molecule has 4 rings (SSSR count). The van der Waals surface area contributed by atoms with Crippen LogP contribution in [0.2, 0.25) is 5.02 Å². The van der Waals surface area contributed by atoms with E-state index in [1.165, 1.54) is 11.8 Å². The summed E-state index contributed by atoms with van der Waals surface area (Å²) < 4.78 is 7.46. The van der Waals surface area contributed by atoms with Gasteiger partial charge >= 0.3 is 0 Å². The van der Waals surface area contributed by atoms with E-state index in [0.717, 1.165) is 24.6 Å². The van der Waals surface area contributed by atoms with Crippen molar-refractivity contribution in [3.8, 4) is 0 Å². The summed E-state index contributed by atoms with van der Waals surface area (Å²) in [6, 6.07) is 16.4. The SMILES string of the molecule is O=C(CSc1nnc(N2CCOCC2)n1Cc1ccccc1)NNC(=O)c1ccc(Cl)cc1. The summed E-state index contributed by atoms with van der Waals surface area (Å²) in [5.41, 5.74) is 6.33. The maximum atomic E-state index is 12.3. The third-order valence-electron chi connectivity index (χ3n) is 4.93. The standard InChI is InChI=1S/C22H23ClN6O3S/c23-18-8-6-17(7-9-18)20(31)25-24-19(30)15-33-22-27-26-21(28-10-12-32-13-11-28)29(22)14-16-4-2-1-3-5-16/h1-9H,10-15H2,(H,24,30)(H,25,31). The molecule has 1 aromatic heterocycles. The van der Waals surface area contributed by atoms with E-state index in [9.17, 15) is 9.59 Å². The first kappa shape index (κ1) is 23.1. The lowest BCUT2D eigenvalue weighted by atomic mass is 10.2. The van der Waals surface area contributed by atoms with Crippen LogP contribution in [0.3, 0.4) is 0 Å². The smallest absolute Gasteiger partial charge is 0.269 e. The third-order valence-corrected chi connectivity index (χ3v) is 6.15. The molecule has 11 heteroatoms. The molecule has 1 aliphatic heterocycles. The Morgan fingerprint density at radius 1 is 1.00 bits per heavy atom. The number of halogens is 1. The van der Waals surface area contributed by atoms with Crippen LogP contribution in [0.1, 0.15) is 15.9 Å². The molecular formula is C22H23ClN6O3S. The number of thioether (sulfide) groups is 1. The van der Waals surface area contributed by atoms with Crippen molar-refractivity contribution in [2.45, 2.75) is 11.7 Å². The van der Waals surface area contributed by atoms with Crippen LogP contribution >= 0.6 is 23.4 Å². The number of morpholine rings is 1. The van der Waals surface area contributed by atoms with E-state index in [1.54, 1.807) is 24.3 Å². The van der Waals surface area contributed by atoms with E-state index in [1.807, 2.05) is 34.9 Å². The second-order valence-electron chi connectivity index (χ2n) is 7.25. The number of nitrogens with one attached hydrogen (secondary N) is 2. The van der Waals surface area contributed by atoms with Gasteiger partial charge in [0.05, 0.1) is 25.5 Å². The van der Waals surface area contributed by atoms with Crippen molar-refractivity contribution in [3.05, 3.63) is 70.7 Å². The molecule has 0 radical (unpaired) electrons. The molecule has 0 spiro atoms. The molecule has 2 amide bonds. The molecule has 2 aromatic carbocycles. The van der Waals surface area contributed by atoms with E-state index in [-0.39, 0.29) is 11.7 Å². The highest BCUT2D eigenvalue weighted by Crippen LogP contribution is 2.24. The molecule has 0 saturated carbocycles. The molecule has 0 aliphatic carbocycles. The zero-order valence-electron chi connectivity index (χ0n) is 17.7. The molecule has 9 nitrogen and oxygen atoms in total. The number of hydrazine groups is 1. The fourth-order valence-electron chi connectivity index (χ4n) is 3.26. The topological polar surface area (TPSA) is 101 Å². The average molecular weight is 487 g/mol. The molecule has 33 heavy (non-hydrogen) atoms. The predicted octanol–water partition coefficient (Wildman–Crippen LogP) is 2.37. The first-order chi connectivity index (χ1) is 16.1. The van der Waals surface area contributed by atoms with Gasteiger partial charge in [0.2, 0.25) is 11.9 Å². The van der Waals surface area contributed by atoms with E-state index < -0.39 is 5.91 Å². The number of rotatable bonds is 7. The van der Waals surface area contributed by atoms with Gasteiger partial charge < -0.3 is 9.64 Å². The molecule has 0 atom stereocenters. The fraction of sp³-hybridized carbons (Fsp3) is 0.273. The minimum atomic E-state index is -0.424. The Bertz CT molecular complexity index is 1090. The number of ether oxygens (including phenoxy) is 1. The number of nitrogens with zero attached hydrogens (tertiary/aromatic N) is 4. The van der Waals surface area contributed by atoms with Crippen molar-refractivity contribution >= 4 is 41.1 Å². The minimum Gasteiger partial charge on any atom is -0.378 e. The molecule has 172 valence electrons. The van der Waals surface area contributed by atoms with Crippen molar-refractivity contribution in [3.63, 3.8) is 0 Å². The van der Waals surface area contributed by atoms with Gasteiger partial charge in [0.25, 0.3) is 5.91 Å². The van der Waals surface area contributed by atoms with Gasteiger partial charge in [-0.15, -0.1) is 10.2 Å². The highest BCUT2D eigenvalue weighted by atomic mass is 35.5. The zero-order valence-corrected chi connectivity index (χ0v) is 19.3. The molecule has 2 heterocycles. The molecule has 3 aromatic rings. The maximum Gasteiger partial charge on any atom is 0.269 e. The lowest BCUT2D eigenvalue weighted by molar-refractivity contribution is -0.119. The number of amides is 2. The first-order valence-corrected chi connectivity index (χ1v) is 11.7. The summed E-state index contributed by atoms with van der Waals surface area (Å²) >= 11 is 7.09. The number of benzene rings is 2. The van der Waals surface area contributed by atoms with Crippen LogP contribution in [-0.4, -0.2) is 58.6 Å². The number of hydrogen-bond acceptors (Lipinski definition) is 7. The largest absolute Gasteiger partial charge is 0.378 e. The highest BCUT2D eigenvalue weighted by Gasteiger charge is 2.21. The number of hydrogen-bond donors (Lipinski definition) is 2. The normalized spacial score (nSPS) is 13.5. The molecular weight excluding hydrogens is 464 g/mol. The van der Waals surface area contributed by atoms with Crippen LogP contribution in [0.4, 0.5) is 5.95 Å². The van der Waals surface area contributed by atoms with Crippen LogP contribution in [0.25, 0.3) is 0 Å². The van der Waals surface area contributed by atoms with E-state index >= 15 is 0 Å². The number of aromatic nitrogens is 3. The zero-order chi connectivity index (χ0) is 23.0. The molecule has 1 saturated heterocycles. The van der Waals surface area contributed by atoms with Gasteiger partial charge in [-0.25, -0.2) is 0 Å². The van der Waals surface area contributed by atoms with Crippen LogP contribution in [0, 0.1) is 0 Å². The summed E-state index contributed by atoms with van der Waals surface area (Å²) in [5, 5.41) is 9.86. The minimum absolute atomic E-state index is 0.0664. The Morgan fingerprint density at radius 2 is 1.73 bits per heavy atom. The third kappa shape index (κ3) is 6.25. The lowest BCUT2D eigenvalue weighted by Gasteiger charge is -2.28. The van der Waals surface area contributed by atoms with Crippen molar-refractivity contribution < 1.29 is 14.3 Å². The Labute approximate surface area is 200 Å². The van der Waals surface area contributed by atoms with Crippen molar-refractivity contribution in [1.82, 2.24) is 25.6 Å². The highest BCUT2D eigenvalue weighted by molar-refractivity contribution is 7.99. The average Bonchev–Trinajstić information content (AvgIpc) is 3.25. The van der Waals surface area contributed by atoms with Gasteiger partial charge in [0.15, 0.2) is 5.16 Å². The Morgan fingerprint density at radius 3 is 2.45 bits per heavy atom. The lowest BCUT2D eigenvalue weighted by Crippen LogP contribution is -2.42. The summed E-state index contributed by atoms with van der Waals surface area (Å²) in [5.74, 6) is 0.0363. The number of carbonyl (C=O) groups is 2. The van der Waals surface area contributed by atoms with Crippen LogP contribution < -0.4 is 15.8 Å². The molecule has 0 unspecified atom stereocenters. The Balaban J connectivity index is 1.39. The summed E-state index contributed by atoms with van der Waals surface area (Å²) in [6.07, 6.45) is 0. The number of carbonyl (C=O) groups excluding carboxylic acids is 2. The van der Waals surface area contributed by atoms with E-state index in [0.29, 0.717) is 35.5 Å². The van der Waals surface area contributed by atoms with Crippen molar-refractivity contribution in [2.24, 2.45) is 0 Å². The van der Waals surface area contributed by atoms with Crippen molar-refractivity contribution in [1.29, 1.82) is 0 Å². The van der Waals surface area contributed by atoms with Crippen LogP contribution in [0.5, 0.6) is 0 Å². The van der Waals surface area contributed by atoms with Gasteiger partial charge in [0.1, 0.15) is 0 Å². The van der Waals surface area contributed by atoms with E-state index in [2.05, 4.69) is 25.9 Å². The summed E-state index contributed by atoms with van der Waals surface area (Å²) in [6.45, 7) is 3.31. The Kier molecular flexibility index (Phi) is 7.82. The summed E-state index contributed by atoms with van der Waals surface area (Å²) in [4.78, 5) is 26.6. The van der Waals surface area contributed by atoms with Gasteiger partial charge in [-0.2, -0.15) is 0 Å². The van der Waals surface area contributed by atoms with E-state index in [4.69, 9.17) is 16.3 Å². The molecule has 1 fully saturated rings. The first-order valence-electron chi connectivity index (χ1n) is 10.4. The number of anilines is 1. The van der Waals surface area contributed by atoms with Crippen LogP contribution in [0.15, 0.2) is 59.8 Å². The van der Waals surface area contributed by atoms with Crippen molar-refractivity contribution in [2.75, 3.05) is 37.0 Å². The second-order valence-corrected chi connectivity index (χ2v) is 8.63. The summed E-state index contributed by atoms with van der Waals surface area (Å²) in [7, 11) is 0. The predicted molar refractivity (Wildman–Crippen MR) is 126 cm³/mol.